The maximum atomic E-state index is 5.02. The van der Waals surface area contributed by atoms with Gasteiger partial charge in [0.1, 0.15) is 0 Å². The van der Waals surface area contributed by atoms with E-state index < -0.39 is 5.41 Å². The molecule has 1 aliphatic rings. The van der Waals surface area contributed by atoms with E-state index in [-0.39, 0.29) is 0 Å². The maximum absolute atomic E-state index is 5.02. The van der Waals surface area contributed by atoms with E-state index in [0.717, 1.165) is 44.5 Å². The highest BCUT2D eigenvalue weighted by Crippen LogP contribution is 2.59. The lowest BCUT2D eigenvalue weighted by molar-refractivity contribution is 0.771. The Morgan fingerprint density at radius 2 is 1.00 bits per heavy atom. The lowest BCUT2D eigenvalue weighted by atomic mass is 9.67. The van der Waals surface area contributed by atoms with Crippen LogP contribution < -0.4 is 0 Å². The topological polar surface area (TPSA) is 43.6 Å². The Kier molecular flexibility index (Phi) is 8.38. The van der Waals surface area contributed by atoms with Crippen molar-refractivity contribution in [2.24, 2.45) is 0 Å². The predicted octanol–water partition coefficient (Wildman–Crippen LogP) is 12.9. The standard InChI is InChI=1S/C53H38N4/c1-3-19-47-42(4-2)45-35-34-44-43-28-17-18-29-46(43)53(39-24-13-7-14-25-39,40-26-15-8-16-27-40)48(44)49(45)57(47)41-32-30-38(31-33-41)52-55-50(36-20-9-5-10-21-36)54-51(56-52)37-22-11-6-12-23-37/h3-35H,2H2,1H3/b19-3-. The largest absolute Gasteiger partial charge is 0.309 e. The second-order valence-electron chi connectivity index (χ2n) is 14.3. The van der Waals surface area contributed by atoms with Crippen molar-refractivity contribution in [3.63, 3.8) is 0 Å². The molecule has 0 amide bonds. The molecule has 2 heterocycles. The second-order valence-corrected chi connectivity index (χ2v) is 14.3. The van der Waals surface area contributed by atoms with E-state index in [4.69, 9.17) is 15.0 Å². The van der Waals surface area contributed by atoms with Gasteiger partial charge in [0.25, 0.3) is 0 Å². The minimum Gasteiger partial charge on any atom is -0.309 e. The summed E-state index contributed by atoms with van der Waals surface area (Å²) in [6.07, 6.45) is 6.32. The van der Waals surface area contributed by atoms with Crippen molar-refractivity contribution in [1.29, 1.82) is 0 Å². The van der Waals surface area contributed by atoms with Crippen LogP contribution in [0.1, 0.15) is 40.4 Å². The fraction of sp³-hybridized carbons (Fsp3) is 0.0377. The van der Waals surface area contributed by atoms with Crippen LogP contribution in [0.25, 0.3) is 74.0 Å². The van der Waals surface area contributed by atoms with Crippen LogP contribution in [-0.2, 0) is 5.41 Å². The summed E-state index contributed by atoms with van der Waals surface area (Å²) in [5.41, 5.74) is 14.0. The number of allylic oxidation sites excluding steroid dienone is 1. The molecule has 0 bridgehead atoms. The molecule has 7 aromatic carbocycles. The highest BCUT2D eigenvalue weighted by Gasteiger charge is 2.48. The predicted molar refractivity (Wildman–Crippen MR) is 235 cm³/mol. The summed E-state index contributed by atoms with van der Waals surface area (Å²) >= 11 is 0. The van der Waals surface area contributed by atoms with Gasteiger partial charge in [-0.3, -0.25) is 0 Å². The van der Waals surface area contributed by atoms with Gasteiger partial charge in [-0.2, -0.15) is 0 Å². The monoisotopic (exact) mass is 730 g/mol. The maximum Gasteiger partial charge on any atom is 0.164 e. The Morgan fingerprint density at radius 1 is 0.509 bits per heavy atom. The zero-order chi connectivity index (χ0) is 38.3. The van der Waals surface area contributed by atoms with Crippen LogP contribution in [0.5, 0.6) is 0 Å². The third-order valence-corrected chi connectivity index (χ3v) is 11.2. The van der Waals surface area contributed by atoms with Gasteiger partial charge in [-0.15, -0.1) is 0 Å². The molecule has 2 aromatic heterocycles. The number of nitrogens with zero attached hydrogens (tertiary/aromatic N) is 4. The van der Waals surface area contributed by atoms with Gasteiger partial charge in [0, 0.05) is 38.9 Å². The average molecular weight is 731 g/mol. The Morgan fingerprint density at radius 3 is 1.53 bits per heavy atom. The number of hydrogen-bond donors (Lipinski definition) is 0. The Labute approximate surface area is 332 Å². The summed E-state index contributed by atoms with van der Waals surface area (Å²) in [5, 5.41) is 1.16. The van der Waals surface area contributed by atoms with E-state index in [9.17, 15) is 0 Å². The van der Waals surface area contributed by atoms with E-state index >= 15 is 0 Å². The van der Waals surface area contributed by atoms with Gasteiger partial charge in [-0.1, -0.05) is 176 Å². The van der Waals surface area contributed by atoms with Crippen LogP contribution >= 0.6 is 0 Å². The van der Waals surface area contributed by atoms with E-state index in [1.807, 2.05) is 66.7 Å². The smallest absolute Gasteiger partial charge is 0.164 e. The van der Waals surface area contributed by atoms with Gasteiger partial charge in [-0.25, -0.2) is 15.0 Å². The van der Waals surface area contributed by atoms with Crippen molar-refractivity contribution in [3.8, 4) is 51.0 Å². The van der Waals surface area contributed by atoms with Crippen LogP contribution in [-0.4, -0.2) is 19.5 Å². The first-order chi connectivity index (χ1) is 28.2. The van der Waals surface area contributed by atoms with Gasteiger partial charge in [0.05, 0.1) is 16.6 Å². The zero-order valence-electron chi connectivity index (χ0n) is 31.5. The summed E-state index contributed by atoms with van der Waals surface area (Å²) in [6.45, 7) is 6.44. The first-order valence-corrected chi connectivity index (χ1v) is 19.4. The summed E-state index contributed by atoms with van der Waals surface area (Å²) in [6, 6.07) is 64.3. The van der Waals surface area contributed by atoms with Crippen molar-refractivity contribution in [2.75, 3.05) is 0 Å². The second kappa shape index (κ2) is 14.0. The van der Waals surface area contributed by atoms with Crippen LogP contribution in [0.15, 0.2) is 195 Å². The number of hydrogen-bond acceptors (Lipinski definition) is 3. The van der Waals surface area contributed by atoms with Gasteiger partial charge in [0.15, 0.2) is 17.5 Å². The molecular formula is C53H38N4. The van der Waals surface area contributed by atoms with E-state index in [0.29, 0.717) is 17.5 Å². The minimum atomic E-state index is -0.581. The minimum absolute atomic E-state index is 0.581. The van der Waals surface area contributed by atoms with Crippen molar-refractivity contribution in [3.05, 3.63) is 228 Å². The molecular weight excluding hydrogens is 693 g/mol. The lowest BCUT2D eigenvalue weighted by Gasteiger charge is -2.34. The number of aromatic nitrogens is 4. The summed E-state index contributed by atoms with van der Waals surface area (Å²) in [5.74, 6) is 1.90. The first-order valence-electron chi connectivity index (χ1n) is 19.4. The van der Waals surface area contributed by atoms with Gasteiger partial charge in [0.2, 0.25) is 0 Å². The van der Waals surface area contributed by atoms with Crippen molar-refractivity contribution < 1.29 is 0 Å². The SMILES string of the molecule is C=Cc1c(/C=C\C)n(-c2ccc(-c3nc(-c4ccccc4)nc(-c4ccccc4)n3)cc2)c2c3c(ccc12)-c1ccccc1C3(c1ccccc1)c1ccccc1. The van der Waals surface area contributed by atoms with E-state index in [2.05, 4.69) is 152 Å². The highest BCUT2D eigenvalue weighted by molar-refractivity contribution is 6.05. The molecule has 0 saturated carbocycles. The third kappa shape index (κ3) is 5.41. The molecule has 10 rings (SSSR count). The quantitative estimate of drug-likeness (QED) is 0.156. The number of benzene rings is 7. The fourth-order valence-electron chi connectivity index (χ4n) is 8.85. The molecule has 0 radical (unpaired) electrons. The Hall–Kier alpha value is -7.43. The molecule has 270 valence electrons. The van der Waals surface area contributed by atoms with E-state index in [1.54, 1.807) is 0 Å². The van der Waals surface area contributed by atoms with Gasteiger partial charge in [-0.05, 0) is 65.1 Å². The molecule has 57 heavy (non-hydrogen) atoms. The summed E-state index contributed by atoms with van der Waals surface area (Å²) in [7, 11) is 0. The zero-order valence-corrected chi connectivity index (χ0v) is 31.5. The van der Waals surface area contributed by atoms with E-state index in [1.165, 1.54) is 33.4 Å². The molecule has 0 fully saturated rings. The van der Waals surface area contributed by atoms with Crippen LogP contribution in [0.3, 0.4) is 0 Å². The van der Waals surface area contributed by atoms with Crippen molar-refractivity contribution in [1.82, 2.24) is 19.5 Å². The molecule has 0 unspecified atom stereocenters. The first kappa shape index (κ1) is 34.1. The molecule has 0 saturated heterocycles. The molecule has 4 nitrogen and oxygen atoms in total. The summed E-state index contributed by atoms with van der Waals surface area (Å²) in [4.78, 5) is 15.0. The third-order valence-electron chi connectivity index (χ3n) is 11.2. The molecule has 0 atom stereocenters. The number of rotatable bonds is 8. The molecule has 0 spiro atoms. The van der Waals surface area contributed by atoms with Crippen molar-refractivity contribution in [2.45, 2.75) is 12.3 Å². The van der Waals surface area contributed by atoms with Crippen LogP contribution in [0.2, 0.25) is 0 Å². The highest BCUT2D eigenvalue weighted by atomic mass is 15.0. The lowest BCUT2D eigenvalue weighted by Crippen LogP contribution is -2.29. The molecule has 0 N–H and O–H groups in total. The number of fused-ring (bicyclic) bond motifs is 5. The summed E-state index contributed by atoms with van der Waals surface area (Å²) < 4.78 is 2.43. The fourth-order valence-corrected chi connectivity index (χ4v) is 8.85. The Balaban J connectivity index is 1.24. The van der Waals surface area contributed by atoms with Crippen molar-refractivity contribution >= 4 is 23.1 Å². The normalized spacial score (nSPS) is 12.8. The molecule has 1 aliphatic carbocycles. The van der Waals surface area contributed by atoms with Gasteiger partial charge >= 0.3 is 0 Å². The van der Waals surface area contributed by atoms with Crippen LogP contribution in [0, 0.1) is 0 Å². The molecule has 0 aliphatic heterocycles. The molecule has 9 aromatic rings. The average Bonchev–Trinajstić information content (AvgIpc) is 3.77. The Bertz CT molecular complexity index is 2850. The van der Waals surface area contributed by atoms with Crippen LogP contribution in [0.4, 0.5) is 0 Å². The molecule has 4 heteroatoms. The van der Waals surface area contributed by atoms with Gasteiger partial charge < -0.3 is 4.57 Å².